The van der Waals surface area contributed by atoms with Crippen LogP contribution in [0.15, 0.2) is 41.2 Å². The number of nitriles is 1. The number of hydrogen-bond donors (Lipinski definition) is 1. The van der Waals surface area contributed by atoms with Crippen LogP contribution in [0.4, 0.5) is 10.8 Å². The van der Waals surface area contributed by atoms with Gasteiger partial charge in [-0.15, -0.1) is 22.7 Å². The summed E-state index contributed by atoms with van der Waals surface area (Å²) < 4.78 is 0. The van der Waals surface area contributed by atoms with Crippen LogP contribution in [0.2, 0.25) is 0 Å². The molecule has 0 spiro atoms. The van der Waals surface area contributed by atoms with Gasteiger partial charge in [-0.1, -0.05) is 12.1 Å². The molecule has 0 radical (unpaired) electrons. The second-order valence-corrected chi connectivity index (χ2v) is 6.67. The maximum Gasteiger partial charge on any atom is 0.270 e. The maximum atomic E-state index is 10.9. The number of nitrogens with zero attached hydrogens (tertiary/aromatic N) is 4. The highest BCUT2D eigenvalue weighted by Crippen LogP contribution is 2.28. The zero-order valence-electron chi connectivity index (χ0n) is 13.0. The number of rotatable bonds is 5. The molecule has 2 heterocycles. The highest BCUT2D eigenvalue weighted by molar-refractivity contribution is 7.14. The van der Waals surface area contributed by atoms with Gasteiger partial charge in [-0.05, 0) is 6.92 Å². The molecule has 0 aliphatic rings. The summed E-state index contributed by atoms with van der Waals surface area (Å²) in [4.78, 5) is 19.1. The van der Waals surface area contributed by atoms with Crippen molar-refractivity contribution >= 4 is 39.1 Å². The number of non-ortho nitro benzene ring substituents is 1. The Labute approximate surface area is 151 Å². The lowest BCUT2D eigenvalue weighted by molar-refractivity contribution is -0.384. The van der Waals surface area contributed by atoms with Crippen molar-refractivity contribution in [1.29, 1.82) is 5.26 Å². The van der Waals surface area contributed by atoms with Gasteiger partial charge in [0, 0.05) is 40.4 Å². The van der Waals surface area contributed by atoms with E-state index in [2.05, 4.69) is 21.4 Å². The van der Waals surface area contributed by atoms with Crippen LogP contribution in [0.25, 0.3) is 16.8 Å². The first-order chi connectivity index (χ1) is 12.1. The molecule has 3 rings (SSSR count). The first-order valence-corrected chi connectivity index (χ1v) is 8.82. The first-order valence-electron chi connectivity index (χ1n) is 7.06. The molecular weight excluding hydrogens is 358 g/mol. The first kappa shape index (κ1) is 16.8. The van der Waals surface area contributed by atoms with Gasteiger partial charge in [0.1, 0.15) is 16.6 Å². The van der Waals surface area contributed by atoms with Gasteiger partial charge in [0.15, 0.2) is 5.13 Å². The molecule has 0 atom stereocenters. The average Bonchev–Trinajstić information content (AvgIpc) is 3.25. The van der Waals surface area contributed by atoms with Gasteiger partial charge < -0.3 is 5.32 Å². The third kappa shape index (κ3) is 3.88. The Balaban J connectivity index is 1.80. The van der Waals surface area contributed by atoms with Gasteiger partial charge in [0.2, 0.25) is 0 Å². The molecular formula is C16H11N5O2S2. The number of nitro groups is 1. The van der Waals surface area contributed by atoms with Crippen LogP contribution in [0, 0.1) is 28.4 Å². The second kappa shape index (κ2) is 7.21. The molecule has 0 saturated heterocycles. The van der Waals surface area contributed by atoms with Crippen LogP contribution >= 0.6 is 22.7 Å². The molecule has 1 N–H and O–H groups in total. The number of nitro benzene ring substituents is 1. The summed E-state index contributed by atoms with van der Waals surface area (Å²) in [6, 6.07) is 8.41. The molecule has 0 saturated carbocycles. The van der Waals surface area contributed by atoms with Crippen molar-refractivity contribution in [3.63, 3.8) is 0 Å². The smallest absolute Gasteiger partial charge is 0.270 e. The Hall–Kier alpha value is -3.09. The Kier molecular flexibility index (Phi) is 4.83. The highest BCUT2D eigenvalue weighted by atomic mass is 32.1. The quantitative estimate of drug-likeness (QED) is 0.404. The van der Waals surface area contributed by atoms with Crippen molar-refractivity contribution in [1.82, 2.24) is 9.97 Å². The second-order valence-electron chi connectivity index (χ2n) is 4.95. The minimum absolute atomic E-state index is 0.0193. The fourth-order valence-corrected chi connectivity index (χ4v) is 3.46. The molecule has 0 fully saturated rings. The van der Waals surface area contributed by atoms with E-state index >= 15 is 0 Å². The van der Waals surface area contributed by atoms with Crippen LogP contribution in [0.1, 0.15) is 10.7 Å². The van der Waals surface area contributed by atoms with Crippen molar-refractivity contribution in [2.45, 2.75) is 6.92 Å². The van der Waals surface area contributed by atoms with Crippen LogP contribution in [0.5, 0.6) is 0 Å². The van der Waals surface area contributed by atoms with Gasteiger partial charge in [-0.2, -0.15) is 5.26 Å². The van der Waals surface area contributed by atoms with Crippen molar-refractivity contribution in [2.24, 2.45) is 0 Å². The van der Waals surface area contributed by atoms with Gasteiger partial charge >= 0.3 is 0 Å². The largest absolute Gasteiger partial charge is 0.337 e. The predicted molar refractivity (Wildman–Crippen MR) is 98.3 cm³/mol. The van der Waals surface area contributed by atoms with E-state index in [0.717, 1.165) is 5.69 Å². The standard InChI is InChI=1S/C16H11N5O2S2/c1-10-8-24-15(19-10)12(6-17)7-18-16-20-14(9-25-16)11-3-2-4-13(5-11)21(22)23/h2-5,7-9H,1H3,(H,18,20)/b12-7+. The molecule has 0 unspecified atom stereocenters. The monoisotopic (exact) mass is 369 g/mol. The minimum Gasteiger partial charge on any atom is -0.337 e. The summed E-state index contributed by atoms with van der Waals surface area (Å²) in [5, 5.41) is 28.0. The number of aryl methyl sites for hydroxylation is 1. The Morgan fingerprint density at radius 2 is 2.20 bits per heavy atom. The van der Waals surface area contributed by atoms with Crippen LogP contribution < -0.4 is 5.32 Å². The van der Waals surface area contributed by atoms with Gasteiger partial charge in [0.05, 0.1) is 10.6 Å². The van der Waals surface area contributed by atoms with Crippen LogP contribution in [-0.4, -0.2) is 14.9 Å². The average molecular weight is 369 g/mol. The summed E-state index contributed by atoms with van der Waals surface area (Å²) >= 11 is 2.75. The molecule has 0 aliphatic heterocycles. The van der Waals surface area contributed by atoms with E-state index in [0.29, 0.717) is 27.0 Å². The van der Waals surface area contributed by atoms with E-state index in [1.807, 2.05) is 12.3 Å². The minimum atomic E-state index is -0.438. The van der Waals surface area contributed by atoms with E-state index in [4.69, 9.17) is 0 Å². The lowest BCUT2D eigenvalue weighted by Crippen LogP contribution is -1.91. The molecule has 124 valence electrons. The number of nitrogens with one attached hydrogen (secondary N) is 1. The number of benzene rings is 1. The normalized spacial score (nSPS) is 11.1. The van der Waals surface area contributed by atoms with Crippen LogP contribution in [-0.2, 0) is 0 Å². The van der Waals surface area contributed by atoms with Gasteiger partial charge in [-0.3, -0.25) is 10.1 Å². The van der Waals surface area contributed by atoms with Crippen molar-refractivity contribution < 1.29 is 4.92 Å². The molecule has 25 heavy (non-hydrogen) atoms. The Morgan fingerprint density at radius 1 is 1.36 bits per heavy atom. The van der Waals surface area contributed by atoms with Crippen molar-refractivity contribution in [3.8, 4) is 17.3 Å². The van der Waals surface area contributed by atoms with E-state index in [1.165, 1.54) is 34.8 Å². The Morgan fingerprint density at radius 3 is 2.88 bits per heavy atom. The third-order valence-corrected chi connectivity index (χ3v) is 4.93. The topological polar surface area (TPSA) is 105 Å². The number of anilines is 1. The van der Waals surface area contributed by atoms with E-state index in [-0.39, 0.29) is 5.69 Å². The zero-order valence-corrected chi connectivity index (χ0v) is 14.6. The summed E-state index contributed by atoms with van der Waals surface area (Å²) in [5.41, 5.74) is 2.60. The van der Waals surface area contributed by atoms with Crippen LogP contribution in [0.3, 0.4) is 0 Å². The van der Waals surface area contributed by atoms with Gasteiger partial charge in [0.25, 0.3) is 5.69 Å². The van der Waals surface area contributed by atoms with Crippen molar-refractivity contribution in [3.05, 3.63) is 62.0 Å². The molecule has 0 bridgehead atoms. The molecule has 3 aromatic rings. The number of allylic oxidation sites excluding steroid dienone is 1. The zero-order chi connectivity index (χ0) is 17.8. The molecule has 9 heteroatoms. The summed E-state index contributed by atoms with van der Waals surface area (Å²) in [5.74, 6) is 0. The Bertz CT molecular complexity index is 1000. The molecule has 7 nitrogen and oxygen atoms in total. The lowest BCUT2D eigenvalue weighted by Gasteiger charge is -1.98. The molecule has 2 aromatic heterocycles. The molecule has 0 amide bonds. The molecule has 1 aromatic carbocycles. The number of aromatic nitrogens is 2. The van der Waals surface area contributed by atoms with E-state index in [1.54, 1.807) is 23.7 Å². The van der Waals surface area contributed by atoms with Crippen molar-refractivity contribution in [2.75, 3.05) is 5.32 Å². The highest BCUT2D eigenvalue weighted by Gasteiger charge is 2.10. The summed E-state index contributed by atoms with van der Waals surface area (Å²) in [6.07, 6.45) is 1.56. The fraction of sp³-hybridized carbons (Fsp3) is 0.0625. The summed E-state index contributed by atoms with van der Waals surface area (Å²) in [7, 11) is 0. The summed E-state index contributed by atoms with van der Waals surface area (Å²) in [6.45, 7) is 1.87. The molecule has 0 aliphatic carbocycles. The lowest BCUT2D eigenvalue weighted by atomic mass is 10.1. The van der Waals surface area contributed by atoms with E-state index < -0.39 is 4.92 Å². The van der Waals surface area contributed by atoms with E-state index in [9.17, 15) is 15.4 Å². The fourth-order valence-electron chi connectivity index (χ4n) is 2.00. The number of hydrogen-bond acceptors (Lipinski definition) is 8. The number of thiazole rings is 2. The predicted octanol–water partition coefficient (Wildman–Crippen LogP) is 4.46. The maximum absolute atomic E-state index is 10.9. The van der Waals surface area contributed by atoms with Gasteiger partial charge in [-0.25, -0.2) is 9.97 Å². The third-order valence-electron chi connectivity index (χ3n) is 3.17. The SMILES string of the molecule is Cc1csc(/C(C#N)=C/Nc2nc(-c3cccc([N+](=O)[O-])c3)cs2)n1.